The molecule has 0 bridgehead atoms. The Morgan fingerprint density at radius 1 is 1.15 bits per heavy atom. The Morgan fingerprint density at radius 2 is 1.88 bits per heavy atom. The number of sulfone groups is 1. The van der Waals surface area contributed by atoms with Gasteiger partial charge in [-0.3, -0.25) is 10.1 Å². The molecule has 3 rings (SSSR count). The van der Waals surface area contributed by atoms with Gasteiger partial charge >= 0.3 is 0 Å². The molecule has 0 saturated carbocycles. The van der Waals surface area contributed by atoms with Crippen LogP contribution in [0.1, 0.15) is 15.3 Å². The van der Waals surface area contributed by atoms with Crippen molar-refractivity contribution in [2.75, 3.05) is 11.6 Å². The number of hydrogen-bond donors (Lipinski definition) is 1. The third kappa shape index (κ3) is 4.46. The second-order valence-corrected chi connectivity index (χ2v) is 9.82. The Balaban J connectivity index is 1.99. The van der Waals surface area contributed by atoms with Gasteiger partial charge in [0, 0.05) is 33.2 Å². The molecule has 0 unspecified atom stereocenters. The van der Waals surface area contributed by atoms with Crippen LogP contribution in [0, 0.1) is 6.92 Å². The summed E-state index contributed by atoms with van der Waals surface area (Å²) >= 11 is 2.91. The molecule has 1 N–H and O–H groups in total. The fraction of sp³-hybridized carbons (Fsp3) is 0.111. The number of carbonyl (C=O) groups excluding carboxylic acids is 1. The molecule has 0 saturated heterocycles. The molecule has 1 amide bonds. The van der Waals surface area contributed by atoms with Crippen LogP contribution in [0.15, 0.2) is 52.9 Å². The van der Waals surface area contributed by atoms with Gasteiger partial charge in [0.15, 0.2) is 15.0 Å². The van der Waals surface area contributed by atoms with Crippen molar-refractivity contribution in [3.63, 3.8) is 0 Å². The number of rotatable bonds is 5. The number of aryl methyl sites for hydroxylation is 1. The number of thiophene rings is 1. The quantitative estimate of drug-likeness (QED) is 0.650. The van der Waals surface area contributed by atoms with Crippen LogP contribution >= 0.6 is 22.7 Å². The van der Waals surface area contributed by atoms with Crippen molar-refractivity contribution in [2.24, 2.45) is 0 Å². The van der Waals surface area contributed by atoms with Gasteiger partial charge in [-0.25, -0.2) is 13.4 Å². The fourth-order valence-corrected chi connectivity index (χ4v) is 4.26. The molecule has 0 aliphatic rings. The maximum absolute atomic E-state index is 12.8. The van der Waals surface area contributed by atoms with Crippen LogP contribution in [0.3, 0.4) is 0 Å². The van der Waals surface area contributed by atoms with E-state index in [9.17, 15) is 13.2 Å². The van der Waals surface area contributed by atoms with E-state index in [-0.39, 0.29) is 10.8 Å². The Bertz CT molecular complexity index is 1050. The van der Waals surface area contributed by atoms with E-state index in [0.29, 0.717) is 16.3 Å². The third-order valence-corrected chi connectivity index (χ3v) is 6.30. The predicted octanol–water partition coefficient (Wildman–Crippen LogP) is 4.10. The zero-order valence-electron chi connectivity index (χ0n) is 14.1. The molecule has 3 aromatic rings. The first-order chi connectivity index (χ1) is 12.3. The lowest BCUT2D eigenvalue weighted by atomic mass is 10.0. The summed E-state index contributed by atoms with van der Waals surface area (Å²) in [6, 6.07) is 10.2. The van der Waals surface area contributed by atoms with Gasteiger partial charge in [-0.2, -0.15) is 0 Å². The van der Waals surface area contributed by atoms with Gasteiger partial charge in [0.05, 0.1) is 4.90 Å². The summed E-state index contributed by atoms with van der Waals surface area (Å²) in [5.74, 6) is -0.293. The molecule has 0 fully saturated rings. The van der Waals surface area contributed by atoms with E-state index in [2.05, 4.69) is 10.3 Å². The lowest BCUT2D eigenvalue weighted by molar-refractivity contribution is -0.111. The first kappa shape index (κ1) is 18.5. The second kappa shape index (κ2) is 7.53. The summed E-state index contributed by atoms with van der Waals surface area (Å²) in [7, 11) is -3.29. The van der Waals surface area contributed by atoms with Crippen LogP contribution in [0.5, 0.6) is 0 Å². The number of amides is 1. The van der Waals surface area contributed by atoms with Crippen molar-refractivity contribution in [3.05, 3.63) is 63.3 Å². The van der Waals surface area contributed by atoms with Gasteiger partial charge in [0.25, 0.3) is 5.91 Å². The van der Waals surface area contributed by atoms with E-state index in [1.807, 2.05) is 19.1 Å². The van der Waals surface area contributed by atoms with Gasteiger partial charge in [0.2, 0.25) is 0 Å². The normalized spacial score (nSPS) is 12.2. The van der Waals surface area contributed by atoms with Crippen LogP contribution < -0.4 is 5.32 Å². The maximum atomic E-state index is 12.8. The molecule has 2 aromatic heterocycles. The van der Waals surface area contributed by atoms with Crippen LogP contribution in [0.2, 0.25) is 0 Å². The lowest BCUT2D eigenvalue weighted by Gasteiger charge is -2.08. The van der Waals surface area contributed by atoms with Gasteiger partial charge in [0.1, 0.15) is 0 Å². The molecule has 2 heterocycles. The van der Waals surface area contributed by atoms with Gasteiger partial charge in [-0.1, -0.05) is 12.1 Å². The van der Waals surface area contributed by atoms with Crippen molar-refractivity contribution in [2.45, 2.75) is 11.8 Å². The minimum absolute atomic E-state index is 0.216. The molecule has 0 radical (unpaired) electrons. The van der Waals surface area contributed by atoms with E-state index < -0.39 is 9.84 Å². The number of benzene rings is 1. The molecule has 1 aromatic carbocycles. The molecule has 26 heavy (non-hydrogen) atoms. The summed E-state index contributed by atoms with van der Waals surface area (Å²) in [5.41, 5.74) is 1.08. The van der Waals surface area contributed by atoms with Crippen LogP contribution in [0.25, 0.3) is 11.6 Å². The van der Waals surface area contributed by atoms with Crippen LogP contribution in [-0.4, -0.2) is 25.6 Å². The highest BCUT2D eigenvalue weighted by Gasteiger charge is 2.15. The Kier molecular flexibility index (Phi) is 5.36. The minimum atomic E-state index is -3.29. The Labute approximate surface area is 160 Å². The average Bonchev–Trinajstić information content (AvgIpc) is 3.23. The highest BCUT2D eigenvalue weighted by molar-refractivity contribution is 7.90. The highest BCUT2D eigenvalue weighted by atomic mass is 32.2. The zero-order chi connectivity index (χ0) is 18.7. The zero-order valence-corrected chi connectivity index (χ0v) is 16.5. The largest absolute Gasteiger partial charge is 0.298 e. The van der Waals surface area contributed by atoms with Crippen molar-refractivity contribution in [1.29, 1.82) is 0 Å². The number of anilines is 1. The summed E-state index contributed by atoms with van der Waals surface area (Å²) in [5, 5.41) is 5.07. The number of nitrogens with one attached hydrogen (secondary N) is 1. The first-order valence-electron chi connectivity index (χ1n) is 7.62. The molecule has 0 atom stereocenters. The molecule has 5 nitrogen and oxygen atoms in total. The summed E-state index contributed by atoms with van der Waals surface area (Å²) in [6.45, 7) is 2.00. The predicted molar refractivity (Wildman–Crippen MR) is 107 cm³/mol. The summed E-state index contributed by atoms with van der Waals surface area (Å²) in [6.07, 6.45) is 4.58. The standard InChI is InChI=1S/C18H16N2O3S3/c1-12-3-6-14(25-12)11-16(17(21)20-18-19-9-10-24-18)13-4-7-15(8-5-13)26(2,22)23/h3-11H,1-2H3,(H,19,20,21)/b16-11+. The van der Waals surface area contributed by atoms with Gasteiger partial charge < -0.3 is 0 Å². The molecule has 8 heteroatoms. The van der Waals surface area contributed by atoms with Gasteiger partial charge in [-0.15, -0.1) is 22.7 Å². The minimum Gasteiger partial charge on any atom is -0.298 e. The molecule has 0 aliphatic carbocycles. The van der Waals surface area contributed by atoms with E-state index in [0.717, 1.165) is 16.0 Å². The lowest BCUT2D eigenvalue weighted by Crippen LogP contribution is -2.13. The first-order valence-corrected chi connectivity index (χ1v) is 11.2. The summed E-state index contributed by atoms with van der Waals surface area (Å²) < 4.78 is 23.3. The van der Waals surface area contributed by atoms with Crippen LogP contribution in [0.4, 0.5) is 5.13 Å². The number of nitrogens with zero attached hydrogens (tertiary/aromatic N) is 1. The Morgan fingerprint density at radius 3 is 2.42 bits per heavy atom. The molecular formula is C18H16N2O3S3. The fourth-order valence-electron chi connectivity index (χ4n) is 2.28. The van der Waals surface area contributed by atoms with E-state index in [1.165, 1.54) is 23.5 Å². The summed E-state index contributed by atoms with van der Waals surface area (Å²) in [4.78, 5) is 19.2. The van der Waals surface area contributed by atoms with Crippen molar-refractivity contribution in [3.8, 4) is 0 Å². The molecule has 0 spiro atoms. The monoisotopic (exact) mass is 404 g/mol. The maximum Gasteiger partial charge on any atom is 0.258 e. The van der Waals surface area contributed by atoms with Crippen molar-refractivity contribution >= 4 is 55.2 Å². The van der Waals surface area contributed by atoms with E-state index in [1.54, 1.807) is 41.1 Å². The Hall–Kier alpha value is -2.29. The second-order valence-electron chi connectivity index (χ2n) is 5.59. The number of thiazole rings is 1. The third-order valence-electron chi connectivity index (χ3n) is 3.54. The van der Waals surface area contributed by atoms with Crippen LogP contribution in [-0.2, 0) is 14.6 Å². The topological polar surface area (TPSA) is 76.1 Å². The van der Waals surface area contributed by atoms with Crippen molar-refractivity contribution in [1.82, 2.24) is 4.98 Å². The van der Waals surface area contributed by atoms with E-state index in [4.69, 9.17) is 0 Å². The SMILES string of the molecule is Cc1ccc(/C=C(/C(=O)Nc2nccs2)c2ccc(S(C)(=O)=O)cc2)s1. The highest BCUT2D eigenvalue weighted by Crippen LogP contribution is 2.26. The molecule has 134 valence electrons. The number of hydrogen-bond acceptors (Lipinski definition) is 6. The van der Waals surface area contributed by atoms with Crippen molar-refractivity contribution < 1.29 is 13.2 Å². The number of carbonyl (C=O) groups is 1. The average molecular weight is 405 g/mol. The molecule has 0 aliphatic heterocycles. The number of aromatic nitrogens is 1. The molecular weight excluding hydrogens is 388 g/mol. The van der Waals surface area contributed by atoms with E-state index >= 15 is 0 Å². The van der Waals surface area contributed by atoms with Gasteiger partial charge in [-0.05, 0) is 42.8 Å². The smallest absolute Gasteiger partial charge is 0.258 e.